The number of anilines is 2. The summed E-state index contributed by atoms with van der Waals surface area (Å²) in [7, 11) is 1.57. The second kappa shape index (κ2) is 14.5. The van der Waals surface area contributed by atoms with Crippen molar-refractivity contribution in [2.24, 2.45) is 5.41 Å². The van der Waals surface area contributed by atoms with Crippen molar-refractivity contribution in [2.75, 3.05) is 24.9 Å². The van der Waals surface area contributed by atoms with E-state index in [9.17, 15) is 13.6 Å². The third-order valence-corrected chi connectivity index (χ3v) is 7.00. The Kier molecular flexibility index (Phi) is 12.3. The van der Waals surface area contributed by atoms with Crippen LogP contribution in [0.3, 0.4) is 0 Å². The lowest BCUT2D eigenvalue weighted by Crippen LogP contribution is -2.44. The molecule has 2 fully saturated rings. The normalized spacial score (nSPS) is 20.6. The van der Waals surface area contributed by atoms with Crippen LogP contribution in [0.25, 0.3) is 5.65 Å². The van der Waals surface area contributed by atoms with Crippen molar-refractivity contribution >= 4 is 59.8 Å². The quantitative estimate of drug-likeness (QED) is 0.224. The summed E-state index contributed by atoms with van der Waals surface area (Å²) in [4.78, 5) is 16.9. The zero-order valence-corrected chi connectivity index (χ0v) is 25.7. The molecule has 2 N–H and O–H groups in total. The summed E-state index contributed by atoms with van der Waals surface area (Å²) in [5.74, 6) is -4.80. The lowest BCUT2D eigenvalue weighted by atomic mass is 9.91. The first kappa shape index (κ1) is 33.1. The van der Waals surface area contributed by atoms with E-state index < -0.39 is 23.2 Å². The minimum Gasteiger partial charge on any atom is -0.378 e. The van der Waals surface area contributed by atoms with Gasteiger partial charge < -0.3 is 15.4 Å². The molecule has 0 bridgehead atoms. The van der Waals surface area contributed by atoms with Crippen molar-refractivity contribution < 1.29 is 18.3 Å². The van der Waals surface area contributed by atoms with Crippen LogP contribution < -0.4 is 10.6 Å². The number of aromatic nitrogens is 3. The number of hydrogen-bond acceptors (Lipinski definition) is 7. The first-order valence-electron chi connectivity index (χ1n) is 12.7. The summed E-state index contributed by atoms with van der Waals surface area (Å²) >= 11 is 13.1. The summed E-state index contributed by atoms with van der Waals surface area (Å²) < 4.78 is 36.4. The highest BCUT2D eigenvalue weighted by Gasteiger charge is 2.82. The molecule has 216 valence electrons. The van der Waals surface area contributed by atoms with Gasteiger partial charge in [0.05, 0.1) is 30.1 Å². The van der Waals surface area contributed by atoms with Gasteiger partial charge in [0.25, 0.3) is 5.92 Å². The summed E-state index contributed by atoms with van der Waals surface area (Å²) in [6.07, 6.45) is 7.77. The van der Waals surface area contributed by atoms with Gasteiger partial charge >= 0.3 is 0 Å². The van der Waals surface area contributed by atoms with Crippen LogP contribution >= 0.6 is 36.9 Å². The number of rotatable bonds is 7. The fourth-order valence-corrected chi connectivity index (χ4v) is 4.66. The molecular formula is C27H38ClF2N5O2S2. The van der Waals surface area contributed by atoms with Gasteiger partial charge in [0, 0.05) is 24.9 Å². The molecule has 1 aromatic carbocycles. The number of hydrogen-bond donors (Lipinski definition) is 4. The lowest BCUT2D eigenvalue weighted by Gasteiger charge is -2.28. The molecule has 0 spiro atoms. The third kappa shape index (κ3) is 6.64. The van der Waals surface area contributed by atoms with Gasteiger partial charge in [0.2, 0.25) is 5.91 Å². The Morgan fingerprint density at radius 2 is 1.79 bits per heavy atom. The number of carbonyl (C=O) groups excluding carboxylic acids is 1. The third-order valence-electron chi connectivity index (χ3n) is 6.82. The SMILES string of the molecule is CC.COCc1c(Nc2ccc(C3C(F)(F)C3(C)C(=O)NC3CCC3)cc2)cnc2cc(Cl)nn12.CS.CS. The molecule has 2 unspecified atom stereocenters. The maximum Gasteiger partial charge on any atom is 0.270 e. The van der Waals surface area contributed by atoms with E-state index in [1.807, 2.05) is 13.8 Å². The van der Waals surface area contributed by atoms with Gasteiger partial charge in [-0.05, 0) is 56.4 Å². The summed E-state index contributed by atoms with van der Waals surface area (Å²) in [6.45, 7) is 5.62. The number of benzene rings is 1. The van der Waals surface area contributed by atoms with Gasteiger partial charge in [0.1, 0.15) is 5.41 Å². The number of halogens is 3. The second-order valence-electron chi connectivity index (χ2n) is 8.90. The van der Waals surface area contributed by atoms with E-state index in [4.69, 9.17) is 16.3 Å². The average Bonchev–Trinajstić information content (AvgIpc) is 3.18. The van der Waals surface area contributed by atoms with E-state index in [1.54, 1.807) is 60.7 Å². The molecule has 2 heterocycles. The lowest BCUT2D eigenvalue weighted by molar-refractivity contribution is -0.130. The van der Waals surface area contributed by atoms with Crippen molar-refractivity contribution in [1.29, 1.82) is 0 Å². The van der Waals surface area contributed by atoms with Gasteiger partial charge in [-0.2, -0.15) is 30.4 Å². The Morgan fingerprint density at radius 1 is 1.18 bits per heavy atom. The topological polar surface area (TPSA) is 80.5 Å². The van der Waals surface area contributed by atoms with Gasteiger partial charge in [-0.1, -0.05) is 37.6 Å². The number of alkyl halides is 2. The standard InChI is InChI=1S/C23H24ClF2N5O2.C2H6.2CH4S/c1-22(21(32)29-14-4-3-5-14)20(23(22,25)26)13-6-8-15(9-7-13)28-16-11-27-19-10-18(24)30-31(19)17(16)12-33-2;3*1-2/h6-11,14,20,28H,3-5,12H2,1-2H3,(H,29,32);1-2H3;2*2H,1H3. The first-order chi connectivity index (χ1) is 18.8. The maximum absolute atomic E-state index is 14.8. The largest absolute Gasteiger partial charge is 0.378 e. The number of fused-ring (bicyclic) bond motifs is 1. The maximum atomic E-state index is 14.8. The van der Waals surface area contributed by atoms with Crippen LogP contribution in [0.1, 0.15) is 57.2 Å². The predicted molar refractivity (Wildman–Crippen MR) is 161 cm³/mol. The number of ether oxygens (including phenoxy) is 1. The first-order valence-corrected chi connectivity index (χ1v) is 14.9. The van der Waals surface area contributed by atoms with Gasteiger partial charge in [0.15, 0.2) is 10.8 Å². The molecule has 0 aliphatic heterocycles. The molecule has 0 radical (unpaired) electrons. The van der Waals surface area contributed by atoms with Crippen LogP contribution in [0.2, 0.25) is 5.15 Å². The average molecular weight is 602 g/mol. The number of amides is 1. The monoisotopic (exact) mass is 601 g/mol. The van der Waals surface area contributed by atoms with Crippen LogP contribution in [-0.2, 0) is 16.1 Å². The summed E-state index contributed by atoms with van der Waals surface area (Å²) in [5.41, 5.74) is 1.34. The van der Waals surface area contributed by atoms with E-state index in [2.05, 4.69) is 46.0 Å². The zero-order chi connectivity index (χ0) is 29.4. The Morgan fingerprint density at radius 3 is 2.33 bits per heavy atom. The van der Waals surface area contributed by atoms with Crippen molar-refractivity contribution in [3.8, 4) is 0 Å². The number of nitrogens with one attached hydrogen (secondary N) is 2. The Hall–Kier alpha value is -2.08. The molecular weight excluding hydrogens is 564 g/mol. The van der Waals surface area contributed by atoms with Gasteiger partial charge in [-0.15, -0.1) is 0 Å². The van der Waals surface area contributed by atoms with E-state index in [-0.39, 0.29) is 12.6 Å². The molecule has 39 heavy (non-hydrogen) atoms. The van der Waals surface area contributed by atoms with Gasteiger partial charge in [-0.25, -0.2) is 18.3 Å². The van der Waals surface area contributed by atoms with E-state index in [0.29, 0.717) is 33.4 Å². The number of carbonyl (C=O) groups is 1. The fourth-order valence-electron chi connectivity index (χ4n) is 4.49. The molecule has 1 amide bonds. The molecule has 12 heteroatoms. The molecule has 7 nitrogen and oxygen atoms in total. The molecule has 2 saturated carbocycles. The van der Waals surface area contributed by atoms with Crippen LogP contribution in [-0.4, -0.2) is 52.1 Å². The number of methoxy groups -OCH3 is 1. The van der Waals surface area contributed by atoms with Crippen LogP contribution in [0.15, 0.2) is 36.5 Å². The van der Waals surface area contributed by atoms with Crippen molar-refractivity contribution in [3.05, 3.63) is 52.9 Å². The molecule has 2 atom stereocenters. The molecule has 0 saturated heterocycles. The van der Waals surface area contributed by atoms with E-state index in [1.165, 1.54) is 6.92 Å². The van der Waals surface area contributed by atoms with Gasteiger partial charge in [-0.3, -0.25) is 4.79 Å². The van der Waals surface area contributed by atoms with E-state index >= 15 is 0 Å². The Labute approximate surface area is 245 Å². The smallest absolute Gasteiger partial charge is 0.270 e. The molecule has 2 aliphatic carbocycles. The van der Waals surface area contributed by atoms with Crippen LogP contribution in [0.5, 0.6) is 0 Å². The van der Waals surface area contributed by atoms with Crippen molar-refractivity contribution in [1.82, 2.24) is 19.9 Å². The molecule has 2 aromatic heterocycles. The highest BCUT2D eigenvalue weighted by Crippen LogP contribution is 2.71. The molecule has 3 aromatic rings. The number of nitrogens with zero attached hydrogens (tertiary/aromatic N) is 3. The molecule has 5 rings (SSSR count). The fraction of sp³-hybridized carbons (Fsp3) is 0.519. The highest BCUT2D eigenvalue weighted by atomic mass is 35.5. The van der Waals surface area contributed by atoms with Crippen molar-refractivity contribution in [2.45, 2.75) is 64.5 Å². The second-order valence-corrected chi connectivity index (χ2v) is 9.28. The van der Waals surface area contributed by atoms with Crippen molar-refractivity contribution in [3.63, 3.8) is 0 Å². The summed E-state index contributed by atoms with van der Waals surface area (Å²) in [5, 5.41) is 10.6. The Balaban J connectivity index is 0.000000833. The van der Waals surface area contributed by atoms with Crippen LogP contribution in [0, 0.1) is 5.41 Å². The minimum atomic E-state index is -3.09. The predicted octanol–water partition coefficient (Wildman–Crippen LogP) is 6.80. The zero-order valence-electron chi connectivity index (χ0n) is 23.1. The number of thiol groups is 2. The van der Waals surface area contributed by atoms with Crippen LogP contribution in [0.4, 0.5) is 20.2 Å². The van der Waals surface area contributed by atoms with E-state index in [0.717, 1.165) is 19.3 Å². The highest BCUT2D eigenvalue weighted by molar-refractivity contribution is 7.79. The summed E-state index contributed by atoms with van der Waals surface area (Å²) in [6, 6.07) is 8.36. The minimum absolute atomic E-state index is 0.0230. The molecule has 2 aliphatic rings. The Bertz CT molecular complexity index is 1220.